The first-order chi connectivity index (χ1) is 13.0. The van der Waals surface area contributed by atoms with Gasteiger partial charge < -0.3 is 24.8 Å². The van der Waals surface area contributed by atoms with Crippen LogP contribution < -0.4 is 15.5 Å². The van der Waals surface area contributed by atoms with E-state index in [0.29, 0.717) is 24.2 Å². The zero-order chi connectivity index (χ0) is 19.0. The molecule has 2 atom stereocenters. The number of carbonyl (C=O) groups excluding carboxylic acids is 1. The highest BCUT2D eigenvalue weighted by Gasteiger charge is 2.31. The summed E-state index contributed by atoms with van der Waals surface area (Å²) in [6.07, 6.45) is 4.56. The van der Waals surface area contributed by atoms with Crippen molar-refractivity contribution in [1.82, 2.24) is 15.3 Å². The Morgan fingerprint density at radius 1 is 1.33 bits per heavy atom. The highest BCUT2D eigenvalue weighted by molar-refractivity contribution is 6.62. The predicted molar refractivity (Wildman–Crippen MR) is 96.8 cm³/mol. The number of amides is 1. The van der Waals surface area contributed by atoms with Gasteiger partial charge in [0.15, 0.2) is 0 Å². The monoisotopic (exact) mass is 369 g/mol. The molecule has 0 unspecified atom stereocenters. The number of hydrogen-bond acceptors (Lipinski definition) is 7. The van der Waals surface area contributed by atoms with Gasteiger partial charge in [0.25, 0.3) is 5.91 Å². The summed E-state index contributed by atoms with van der Waals surface area (Å²) in [5, 5.41) is 22.5. The van der Waals surface area contributed by atoms with Gasteiger partial charge >= 0.3 is 7.12 Å². The van der Waals surface area contributed by atoms with Gasteiger partial charge in [0.2, 0.25) is 5.88 Å². The second-order valence-electron chi connectivity index (χ2n) is 6.85. The number of nitrogens with zero attached hydrogens (tertiary/aromatic N) is 2. The molecule has 140 valence electrons. The summed E-state index contributed by atoms with van der Waals surface area (Å²) < 4.78 is 11.0. The number of hydrogen-bond donors (Lipinski definition) is 3. The third-order valence-corrected chi connectivity index (χ3v) is 5.07. The van der Waals surface area contributed by atoms with Gasteiger partial charge in [0, 0.05) is 0 Å². The Balaban J connectivity index is 1.45. The van der Waals surface area contributed by atoms with E-state index in [4.69, 9.17) is 9.39 Å². The molecule has 1 aliphatic heterocycles. The molecule has 0 saturated heterocycles. The first-order valence-corrected chi connectivity index (χ1v) is 8.94. The highest BCUT2D eigenvalue weighted by Crippen LogP contribution is 2.26. The number of ether oxygens (including phenoxy) is 1. The Hall–Kier alpha value is -2.49. The fraction of sp³-hybridized carbons (Fsp3) is 0.389. The summed E-state index contributed by atoms with van der Waals surface area (Å²) in [6.45, 7) is 2.21. The van der Waals surface area contributed by atoms with Crippen LogP contribution in [0.1, 0.15) is 40.9 Å². The Labute approximate surface area is 156 Å². The fourth-order valence-electron chi connectivity index (χ4n) is 3.55. The third-order valence-electron chi connectivity index (χ3n) is 5.07. The van der Waals surface area contributed by atoms with Crippen LogP contribution in [0, 0.1) is 6.92 Å². The number of nitrogens with one attached hydrogen (secondary N) is 1. The maximum absolute atomic E-state index is 12.2. The maximum Gasteiger partial charge on any atom is 0.492 e. The van der Waals surface area contributed by atoms with Crippen LogP contribution in [0.5, 0.6) is 11.6 Å². The van der Waals surface area contributed by atoms with Crippen LogP contribution in [-0.2, 0) is 11.3 Å². The van der Waals surface area contributed by atoms with Gasteiger partial charge in [-0.05, 0) is 48.8 Å². The topological polar surface area (TPSA) is 114 Å². The van der Waals surface area contributed by atoms with E-state index < -0.39 is 13.2 Å². The van der Waals surface area contributed by atoms with Crippen molar-refractivity contribution < 1.29 is 24.3 Å². The zero-order valence-corrected chi connectivity index (χ0v) is 14.9. The lowest BCUT2D eigenvalue weighted by atomic mass is 9.76. The lowest BCUT2D eigenvalue weighted by Crippen LogP contribution is -2.40. The Kier molecular flexibility index (Phi) is 4.82. The van der Waals surface area contributed by atoms with E-state index in [-0.39, 0.29) is 23.5 Å². The van der Waals surface area contributed by atoms with Crippen molar-refractivity contribution in [3.8, 4) is 11.6 Å². The molecule has 1 aromatic heterocycles. The van der Waals surface area contributed by atoms with Crippen molar-refractivity contribution in [2.75, 3.05) is 0 Å². The molecule has 8 nitrogen and oxygen atoms in total. The van der Waals surface area contributed by atoms with Crippen molar-refractivity contribution in [3.05, 3.63) is 41.3 Å². The van der Waals surface area contributed by atoms with Crippen LogP contribution in [0.4, 0.5) is 0 Å². The molecule has 2 aliphatic rings. The Bertz CT molecular complexity index is 861. The van der Waals surface area contributed by atoms with E-state index in [2.05, 4.69) is 15.3 Å². The number of aliphatic hydroxyl groups excluding tert-OH is 1. The summed E-state index contributed by atoms with van der Waals surface area (Å²) in [5.41, 5.74) is 2.58. The SMILES string of the molecule is Cc1c(Oc2cnc(C(=O)N[C@H]3CCC[C@H]3O)cn2)ccc2c1B(O)OC2. The molecule has 2 aromatic rings. The quantitative estimate of drug-likeness (QED) is 0.670. The molecule has 1 fully saturated rings. The van der Waals surface area contributed by atoms with Gasteiger partial charge in [-0.1, -0.05) is 6.07 Å². The first kappa shape index (κ1) is 17.9. The van der Waals surface area contributed by atoms with E-state index >= 15 is 0 Å². The summed E-state index contributed by atoms with van der Waals surface area (Å²) in [7, 11) is -0.952. The molecular weight excluding hydrogens is 349 g/mol. The Morgan fingerprint density at radius 3 is 2.89 bits per heavy atom. The number of rotatable bonds is 4. The minimum absolute atomic E-state index is 0.163. The van der Waals surface area contributed by atoms with Crippen molar-refractivity contribution in [2.45, 2.75) is 44.9 Å². The van der Waals surface area contributed by atoms with Gasteiger partial charge in [-0.15, -0.1) is 0 Å². The molecule has 4 rings (SSSR count). The standard InChI is InChI=1S/C18H20BN3O5/c1-10-15(6-5-11-9-26-19(25)17(10)11)27-16-8-20-13(7-21-16)18(24)22-12-3-2-4-14(12)23/h5-8,12,14,23,25H,2-4,9H2,1H3,(H,22,24)/t12-,14+/m0/s1. The second-order valence-corrected chi connectivity index (χ2v) is 6.85. The molecule has 1 saturated carbocycles. The number of fused-ring (bicyclic) bond motifs is 1. The third kappa shape index (κ3) is 3.53. The molecule has 2 heterocycles. The van der Waals surface area contributed by atoms with Crippen molar-refractivity contribution in [3.63, 3.8) is 0 Å². The van der Waals surface area contributed by atoms with Crippen LogP contribution in [0.15, 0.2) is 24.5 Å². The Morgan fingerprint density at radius 2 is 2.19 bits per heavy atom. The van der Waals surface area contributed by atoms with Crippen LogP contribution in [-0.4, -0.2) is 45.3 Å². The molecule has 0 bridgehead atoms. The van der Waals surface area contributed by atoms with E-state index in [1.165, 1.54) is 12.4 Å². The molecule has 0 spiro atoms. The van der Waals surface area contributed by atoms with Gasteiger partial charge in [0.1, 0.15) is 11.4 Å². The summed E-state index contributed by atoms with van der Waals surface area (Å²) in [5.74, 6) is 0.414. The predicted octanol–water partition coefficient (Wildman–Crippen LogP) is 0.438. The van der Waals surface area contributed by atoms with Crippen LogP contribution in [0.25, 0.3) is 0 Å². The molecule has 1 aliphatic carbocycles. The van der Waals surface area contributed by atoms with E-state index in [1.54, 1.807) is 6.07 Å². The minimum Gasteiger partial charge on any atom is -0.437 e. The minimum atomic E-state index is -0.952. The smallest absolute Gasteiger partial charge is 0.437 e. The number of aliphatic hydroxyl groups is 1. The fourth-order valence-corrected chi connectivity index (χ4v) is 3.55. The first-order valence-electron chi connectivity index (χ1n) is 8.94. The van der Waals surface area contributed by atoms with Gasteiger partial charge in [-0.25, -0.2) is 9.97 Å². The molecular formula is C18H20BN3O5. The van der Waals surface area contributed by atoms with Crippen LogP contribution in [0.3, 0.4) is 0 Å². The average Bonchev–Trinajstić information content (AvgIpc) is 3.24. The van der Waals surface area contributed by atoms with Crippen molar-refractivity contribution >= 4 is 18.5 Å². The molecule has 0 radical (unpaired) electrons. The lowest BCUT2D eigenvalue weighted by molar-refractivity contribution is 0.0868. The van der Waals surface area contributed by atoms with E-state index in [9.17, 15) is 14.9 Å². The lowest BCUT2D eigenvalue weighted by Gasteiger charge is -2.16. The zero-order valence-electron chi connectivity index (χ0n) is 14.9. The summed E-state index contributed by atoms with van der Waals surface area (Å²) >= 11 is 0. The van der Waals surface area contributed by atoms with E-state index in [1.807, 2.05) is 13.0 Å². The maximum atomic E-state index is 12.2. The molecule has 27 heavy (non-hydrogen) atoms. The highest BCUT2D eigenvalue weighted by atomic mass is 16.5. The average molecular weight is 369 g/mol. The molecule has 9 heteroatoms. The largest absolute Gasteiger partial charge is 0.492 e. The van der Waals surface area contributed by atoms with E-state index in [0.717, 1.165) is 24.0 Å². The van der Waals surface area contributed by atoms with Crippen LogP contribution >= 0.6 is 0 Å². The van der Waals surface area contributed by atoms with Crippen molar-refractivity contribution in [1.29, 1.82) is 0 Å². The van der Waals surface area contributed by atoms with Crippen LogP contribution in [0.2, 0.25) is 0 Å². The molecule has 1 amide bonds. The van der Waals surface area contributed by atoms with Gasteiger partial charge in [-0.2, -0.15) is 0 Å². The second kappa shape index (κ2) is 7.26. The summed E-state index contributed by atoms with van der Waals surface area (Å²) in [6, 6.07) is 3.40. The van der Waals surface area contributed by atoms with Gasteiger partial charge in [-0.3, -0.25) is 4.79 Å². The number of carbonyl (C=O) groups is 1. The normalized spacial score (nSPS) is 21.2. The number of benzene rings is 1. The molecule has 3 N–H and O–H groups in total. The molecule has 1 aromatic carbocycles. The number of aromatic nitrogens is 2. The van der Waals surface area contributed by atoms with Crippen molar-refractivity contribution in [2.24, 2.45) is 0 Å². The van der Waals surface area contributed by atoms with Gasteiger partial charge in [0.05, 0.1) is 31.1 Å². The summed E-state index contributed by atoms with van der Waals surface area (Å²) in [4.78, 5) is 20.5.